The molecular weight excluding hydrogens is 295 g/mol. The van der Waals surface area contributed by atoms with Crippen molar-refractivity contribution >= 4 is 28.9 Å². The lowest BCUT2D eigenvalue weighted by atomic mass is 10.0. The van der Waals surface area contributed by atoms with E-state index in [-0.39, 0.29) is 0 Å². The van der Waals surface area contributed by atoms with Gasteiger partial charge in [0.15, 0.2) is 0 Å². The summed E-state index contributed by atoms with van der Waals surface area (Å²) >= 11 is 12.1. The van der Waals surface area contributed by atoms with Crippen LogP contribution in [0.2, 0.25) is 10.0 Å². The highest BCUT2D eigenvalue weighted by Gasteiger charge is 2.55. The van der Waals surface area contributed by atoms with E-state index in [1.165, 1.54) is 0 Å². The lowest BCUT2D eigenvalue weighted by Gasteiger charge is -2.10. The molecule has 0 bridgehead atoms. The van der Waals surface area contributed by atoms with Crippen LogP contribution in [0.4, 0.5) is 0 Å². The van der Waals surface area contributed by atoms with E-state index in [0.717, 1.165) is 24.4 Å². The van der Waals surface area contributed by atoms with E-state index in [0.29, 0.717) is 34.4 Å². The quantitative estimate of drug-likeness (QED) is 0.391. The fraction of sp³-hybridized carbons (Fsp3) is 0.400. The van der Waals surface area contributed by atoms with Crippen LogP contribution in [0.1, 0.15) is 5.56 Å². The van der Waals surface area contributed by atoms with Gasteiger partial charge in [-0.25, -0.2) is 0 Å². The Morgan fingerprint density at radius 3 is 2.75 bits per heavy atom. The number of hydrogen-bond acceptors (Lipinski definition) is 3. The van der Waals surface area contributed by atoms with E-state index < -0.39 is 0 Å². The highest BCUT2D eigenvalue weighted by molar-refractivity contribution is 6.42. The van der Waals surface area contributed by atoms with Crippen molar-refractivity contribution in [1.29, 1.82) is 0 Å². The van der Waals surface area contributed by atoms with Gasteiger partial charge in [-0.15, -0.1) is 0 Å². The fourth-order valence-corrected chi connectivity index (χ4v) is 3.24. The summed E-state index contributed by atoms with van der Waals surface area (Å²) in [6.45, 7) is 6.14. The summed E-state index contributed by atoms with van der Waals surface area (Å²) in [6, 6.07) is 5.62. The average molecular weight is 311 g/mol. The Kier molecular flexibility index (Phi) is 4.01. The van der Waals surface area contributed by atoms with E-state index in [1.54, 1.807) is 12.1 Å². The molecule has 1 aromatic rings. The summed E-state index contributed by atoms with van der Waals surface area (Å²) in [7, 11) is 0. The molecule has 1 aliphatic heterocycles. The molecule has 1 N–H and O–H groups in total. The molecule has 5 heteroatoms. The number of benzene rings is 1. The Hall–Kier alpha value is -1.03. The summed E-state index contributed by atoms with van der Waals surface area (Å²) in [4.78, 5) is 5.31. The second kappa shape index (κ2) is 5.76. The van der Waals surface area contributed by atoms with Crippen molar-refractivity contribution < 1.29 is 4.84 Å². The van der Waals surface area contributed by atoms with Crippen LogP contribution in [0.3, 0.4) is 0 Å². The highest BCUT2D eigenvalue weighted by Crippen LogP contribution is 2.50. The zero-order chi connectivity index (χ0) is 14.1. The first-order valence-corrected chi connectivity index (χ1v) is 7.45. The molecule has 2 atom stereocenters. The number of nitrogens with zero attached hydrogens (tertiary/aromatic N) is 1. The van der Waals surface area contributed by atoms with Crippen LogP contribution < -0.4 is 5.32 Å². The maximum Gasteiger partial charge on any atom is 0.135 e. The summed E-state index contributed by atoms with van der Waals surface area (Å²) in [5.74, 6) is 1.78. The van der Waals surface area contributed by atoms with Crippen molar-refractivity contribution in [2.24, 2.45) is 22.9 Å². The zero-order valence-electron chi connectivity index (χ0n) is 11.0. The minimum atomic E-state index is 0.408. The van der Waals surface area contributed by atoms with Gasteiger partial charge in [-0.3, -0.25) is 0 Å². The van der Waals surface area contributed by atoms with Gasteiger partial charge >= 0.3 is 0 Å². The van der Waals surface area contributed by atoms with Crippen LogP contribution in [0, 0.1) is 17.8 Å². The Balaban J connectivity index is 1.86. The molecule has 2 aliphatic rings. The van der Waals surface area contributed by atoms with Gasteiger partial charge < -0.3 is 10.2 Å². The van der Waals surface area contributed by atoms with Gasteiger partial charge in [-0.2, -0.15) is 0 Å². The number of halogens is 2. The number of hydrogen-bond donors (Lipinski definition) is 1. The standard InChI is InChI=1S/C15H16Cl2N2O/c1-2-5-20-19-15(14-10-7-18-8-11(10)14)9-3-4-12(16)13(17)6-9/h2-4,6,10-11,14,18H,1,5,7-8H2. The molecule has 20 heavy (non-hydrogen) atoms. The molecule has 0 spiro atoms. The maximum atomic E-state index is 6.11. The maximum absolute atomic E-state index is 6.11. The van der Waals surface area contributed by atoms with Crippen LogP contribution in [-0.4, -0.2) is 25.4 Å². The summed E-state index contributed by atoms with van der Waals surface area (Å²) in [5.41, 5.74) is 1.96. The molecule has 106 valence electrons. The molecule has 1 aliphatic carbocycles. The number of oxime groups is 1. The Bertz CT molecular complexity index is 549. The van der Waals surface area contributed by atoms with Crippen LogP contribution in [0.5, 0.6) is 0 Å². The molecule has 1 saturated carbocycles. The van der Waals surface area contributed by atoms with Gasteiger partial charge in [0.2, 0.25) is 0 Å². The number of nitrogens with one attached hydrogen (secondary N) is 1. The van der Waals surface area contributed by atoms with Gasteiger partial charge in [0, 0.05) is 11.5 Å². The molecule has 0 aromatic heterocycles. The van der Waals surface area contributed by atoms with Crippen LogP contribution >= 0.6 is 23.2 Å². The topological polar surface area (TPSA) is 33.6 Å². The van der Waals surface area contributed by atoms with E-state index in [4.69, 9.17) is 28.0 Å². The molecule has 1 saturated heterocycles. The fourth-order valence-electron chi connectivity index (χ4n) is 2.94. The third-order valence-electron chi connectivity index (χ3n) is 3.98. The number of rotatable bonds is 5. The van der Waals surface area contributed by atoms with E-state index in [2.05, 4.69) is 17.1 Å². The van der Waals surface area contributed by atoms with Crippen molar-refractivity contribution in [3.63, 3.8) is 0 Å². The SMILES string of the molecule is C=CCON=C(c1ccc(Cl)c(Cl)c1)C1C2CNCC21. The summed E-state index contributed by atoms with van der Waals surface area (Å²) in [6.07, 6.45) is 1.69. The highest BCUT2D eigenvalue weighted by atomic mass is 35.5. The molecule has 1 heterocycles. The van der Waals surface area contributed by atoms with Gasteiger partial charge in [-0.05, 0) is 37.1 Å². The van der Waals surface area contributed by atoms with E-state index in [1.807, 2.05) is 12.1 Å². The van der Waals surface area contributed by atoms with Crippen molar-refractivity contribution in [1.82, 2.24) is 5.32 Å². The zero-order valence-corrected chi connectivity index (χ0v) is 12.5. The predicted octanol–water partition coefficient (Wildman–Crippen LogP) is 3.37. The van der Waals surface area contributed by atoms with Crippen LogP contribution in [0.25, 0.3) is 0 Å². The number of fused-ring (bicyclic) bond motifs is 1. The second-order valence-electron chi connectivity index (χ2n) is 5.20. The Morgan fingerprint density at radius 2 is 2.10 bits per heavy atom. The van der Waals surface area contributed by atoms with Gasteiger partial charge in [0.25, 0.3) is 0 Å². The molecule has 1 aromatic carbocycles. The smallest absolute Gasteiger partial charge is 0.135 e. The Labute approximate surface area is 128 Å². The molecule has 2 unspecified atom stereocenters. The minimum absolute atomic E-state index is 0.408. The molecule has 3 nitrogen and oxygen atoms in total. The summed E-state index contributed by atoms with van der Waals surface area (Å²) < 4.78 is 0. The van der Waals surface area contributed by atoms with E-state index in [9.17, 15) is 0 Å². The molecule has 0 amide bonds. The first-order chi connectivity index (χ1) is 9.72. The normalized spacial score (nSPS) is 28.1. The molecule has 0 radical (unpaired) electrons. The minimum Gasteiger partial charge on any atom is -0.391 e. The van der Waals surface area contributed by atoms with Crippen LogP contribution in [0.15, 0.2) is 36.0 Å². The largest absolute Gasteiger partial charge is 0.391 e. The summed E-state index contributed by atoms with van der Waals surface area (Å²) in [5, 5.41) is 8.80. The lowest BCUT2D eigenvalue weighted by molar-refractivity contribution is 0.173. The molecule has 3 rings (SSSR count). The Morgan fingerprint density at radius 1 is 1.35 bits per heavy atom. The third kappa shape index (κ3) is 2.58. The van der Waals surface area contributed by atoms with Crippen molar-refractivity contribution in [3.05, 3.63) is 46.5 Å². The molecular formula is C15H16Cl2N2O. The second-order valence-corrected chi connectivity index (χ2v) is 6.02. The van der Waals surface area contributed by atoms with Gasteiger partial charge in [0.05, 0.1) is 15.8 Å². The van der Waals surface area contributed by atoms with Gasteiger partial charge in [0.1, 0.15) is 6.61 Å². The first kappa shape index (κ1) is 13.9. The average Bonchev–Trinajstić information content (AvgIpc) is 2.90. The van der Waals surface area contributed by atoms with Gasteiger partial charge in [-0.1, -0.05) is 47.1 Å². The van der Waals surface area contributed by atoms with Crippen LogP contribution in [-0.2, 0) is 4.84 Å². The van der Waals surface area contributed by atoms with Crippen molar-refractivity contribution in [2.75, 3.05) is 19.7 Å². The predicted molar refractivity (Wildman–Crippen MR) is 82.5 cm³/mol. The monoisotopic (exact) mass is 310 g/mol. The lowest BCUT2D eigenvalue weighted by Crippen LogP contribution is -2.20. The third-order valence-corrected chi connectivity index (χ3v) is 4.72. The first-order valence-electron chi connectivity index (χ1n) is 6.69. The number of piperidine rings is 1. The molecule has 2 fully saturated rings. The van der Waals surface area contributed by atoms with Crippen molar-refractivity contribution in [3.8, 4) is 0 Å². The van der Waals surface area contributed by atoms with E-state index >= 15 is 0 Å². The van der Waals surface area contributed by atoms with Crippen molar-refractivity contribution in [2.45, 2.75) is 0 Å².